The molecule has 2 atom stereocenters. The van der Waals surface area contributed by atoms with Crippen molar-refractivity contribution in [3.05, 3.63) is 34.9 Å². The molecule has 1 aromatic rings. The summed E-state index contributed by atoms with van der Waals surface area (Å²) in [6.07, 6.45) is 0. The van der Waals surface area contributed by atoms with E-state index in [9.17, 15) is 9.59 Å². The summed E-state index contributed by atoms with van der Waals surface area (Å²) >= 11 is 5.89. The van der Waals surface area contributed by atoms with E-state index in [4.69, 9.17) is 11.6 Å². The van der Waals surface area contributed by atoms with Gasteiger partial charge in [0.1, 0.15) is 0 Å². The third-order valence-electron chi connectivity index (χ3n) is 3.94. The number of urea groups is 1. The van der Waals surface area contributed by atoms with Crippen molar-refractivity contribution in [2.45, 2.75) is 25.8 Å². The van der Waals surface area contributed by atoms with Crippen LogP contribution in [0.3, 0.4) is 0 Å². The van der Waals surface area contributed by atoms with Crippen LogP contribution in [0.15, 0.2) is 24.3 Å². The number of halogens is 1. The van der Waals surface area contributed by atoms with Gasteiger partial charge in [-0.25, -0.2) is 4.79 Å². The molecule has 5 nitrogen and oxygen atoms in total. The molecule has 0 saturated heterocycles. The monoisotopic (exact) mass is 325 g/mol. The Morgan fingerprint density at radius 1 is 1.14 bits per heavy atom. The Morgan fingerprint density at radius 3 is 2.18 bits per heavy atom. The summed E-state index contributed by atoms with van der Waals surface area (Å²) in [5.74, 6) is 0.0118. The van der Waals surface area contributed by atoms with E-state index in [1.54, 1.807) is 26.0 Å². The van der Waals surface area contributed by atoms with E-state index >= 15 is 0 Å². The summed E-state index contributed by atoms with van der Waals surface area (Å²) in [5, 5.41) is 3.33. The van der Waals surface area contributed by atoms with Gasteiger partial charge in [-0.3, -0.25) is 4.79 Å². The molecule has 0 fully saturated rings. The van der Waals surface area contributed by atoms with Gasteiger partial charge in [0, 0.05) is 38.1 Å². The Morgan fingerprint density at radius 2 is 1.68 bits per heavy atom. The Balaban J connectivity index is 2.63. The average Bonchev–Trinajstić information content (AvgIpc) is 2.50. The first-order valence-corrected chi connectivity index (χ1v) is 7.58. The number of hydrogen-bond donors (Lipinski definition) is 1. The van der Waals surface area contributed by atoms with Crippen molar-refractivity contribution in [3.8, 4) is 0 Å². The molecule has 0 spiro atoms. The van der Waals surface area contributed by atoms with E-state index in [2.05, 4.69) is 12.2 Å². The van der Waals surface area contributed by atoms with Gasteiger partial charge in [0.05, 0.1) is 6.54 Å². The molecule has 0 bridgehead atoms. The van der Waals surface area contributed by atoms with Crippen molar-refractivity contribution < 1.29 is 9.59 Å². The molecule has 0 saturated carbocycles. The highest BCUT2D eigenvalue weighted by Crippen LogP contribution is 2.23. The lowest BCUT2D eigenvalue weighted by molar-refractivity contribution is -0.127. The summed E-state index contributed by atoms with van der Waals surface area (Å²) in [5.41, 5.74) is 1.11. The van der Waals surface area contributed by atoms with Crippen molar-refractivity contribution in [1.82, 2.24) is 15.1 Å². The SMILES string of the molecule is C[C@H](c1ccc(Cl)cc1)[C@H](C)N(C)C(=O)NCC(=O)N(C)C. The van der Waals surface area contributed by atoms with Gasteiger partial charge in [0.15, 0.2) is 0 Å². The van der Waals surface area contributed by atoms with Crippen molar-refractivity contribution in [2.24, 2.45) is 0 Å². The van der Waals surface area contributed by atoms with Crippen LogP contribution in [0.2, 0.25) is 5.02 Å². The number of carbonyl (C=O) groups is 2. The number of benzene rings is 1. The molecule has 0 heterocycles. The number of likely N-dealkylation sites (N-methyl/N-ethyl adjacent to an activating group) is 2. The molecule has 3 amide bonds. The molecular formula is C16H24ClN3O2. The van der Waals surface area contributed by atoms with E-state index in [1.165, 1.54) is 4.90 Å². The summed E-state index contributed by atoms with van der Waals surface area (Å²) < 4.78 is 0. The highest BCUT2D eigenvalue weighted by molar-refractivity contribution is 6.30. The van der Waals surface area contributed by atoms with Gasteiger partial charge in [-0.1, -0.05) is 30.7 Å². The van der Waals surface area contributed by atoms with Crippen molar-refractivity contribution in [2.75, 3.05) is 27.7 Å². The first-order valence-electron chi connectivity index (χ1n) is 7.20. The third kappa shape index (κ3) is 4.91. The van der Waals surface area contributed by atoms with Crippen LogP contribution in [-0.2, 0) is 4.79 Å². The predicted octanol–water partition coefficient (Wildman–Crippen LogP) is 2.56. The van der Waals surface area contributed by atoms with E-state index in [0.717, 1.165) is 5.56 Å². The van der Waals surface area contributed by atoms with Gasteiger partial charge in [0.25, 0.3) is 0 Å². The zero-order chi connectivity index (χ0) is 16.9. The maximum absolute atomic E-state index is 12.1. The maximum Gasteiger partial charge on any atom is 0.317 e. The molecule has 22 heavy (non-hydrogen) atoms. The summed E-state index contributed by atoms with van der Waals surface area (Å²) in [7, 11) is 5.04. The van der Waals surface area contributed by atoms with E-state index < -0.39 is 0 Å². The first kappa shape index (κ1) is 18.3. The number of rotatable bonds is 5. The summed E-state index contributed by atoms with van der Waals surface area (Å²) in [6, 6.07) is 7.33. The normalized spacial score (nSPS) is 13.2. The first-order chi connectivity index (χ1) is 10.2. The summed E-state index contributed by atoms with van der Waals surface area (Å²) in [4.78, 5) is 26.7. The van der Waals surface area contributed by atoms with Crippen LogP contribution < -0.4 is 5.32 Å². The molecule has 0 aliphatic heterocycles. The quantitative estimate of drug-likeness (QED) is 0.904. The fourth-order valence-corrected chi connectivity index (χ4v) is 2.13. The Labute approximate surface area is 137 Å². The van der Waals surface area contributed by atoms with Gasteiger partial charge >= 0.3 is 6.03 Å². The fraction of sp³-hybridized carbons (Fsp3) is 0.500. The van der Waals surface area contributed by atoms with Gasteiger partial charge in [-0.2, -0.15) is 0 Å². The highest BCUT2D eigenvalue weighted by Gasteiger charge is 2.22. The van der Waals surface area contributed by atoms with Crippen LogP contribution in [0, 0.1) is 0 Å². The van der Waals surface area contributed by atoms with Crippen molar-refractivity contribution >= 4 is 23.5 Å². The number of nitrogens with one attached hydrogen (secondary N) is 1. The molecule has 1 N–H and O–H groups in total. The van der Waals surface area contributed by atoms with Crippen molar-refractivity contribution in [3.63, 3.8) is 0 Å². The zero-order valence-corrected chi connectivity index (χ0v) is 14.5. The fourth-order valence-electron chi connectivity index (χ4n) is 2.00. The van der Waals surface area contributed by atoms with E-state index in [1.807, 2.05) is 31.2 Å². The number of nitrogens with zero attached hydrogens (tertiary/aromatic N) is 2. The molecule has 0 aromatic heterocycles. The van der Waals surface area contributed by atoms with Crippen molar-refractivity contribution in [1.29, 1.82) is 0 Å². The average molecular weight is 326 g/mol. The minimum absolute atomic E-state index is 0.00177. The number of hydrogen-bond acceptors (Lipinski definition) is 2. The molecule has 1 aromatic carbocycles. The smallest absolute Gasteiger partial charge is 0.317 e. The minimum Gasteiger partial charge on any atom is -0.347 e. The topological polar surface area (TPSA) is 52.7 Å². The second kappa shape index (κ2) is 8.03. The second-order valence-corrected chi connectivity index (χ2v) is 6.08. The molecule has 0 radical (unpaired) electrons. The lowest BCUT2D eigenvalue weighted by Gasteiger charge is -2.30. The molecule has 6 heteroatoms. The van der Waals surface area contributed by atoms with Crippen LogP contribution in [0.5, 0.6) is 0 Å². The lowest BCUT2D eigenvalue weighted by atomic mass is 9.94. The van der Waals surface area contributed by atoms with Crippen LogP contribution >= 0.6 is 11.6 Å². The van der Waals surface area contributed by atoms with Gasteiger partial charge in [-0.05, 0) is 24.6 Å². The van der Waals surface area contributed by atoms with E-state index in [-0.39, 0.29) is 30.4 Å². The second-order valence-electron chi connectivity index (χ2n) is 5.64. The largest absolute Gasteiger partial charge is 0.347 e. The van der Waals surface area contributed by atoms with Crippen LogP contribution in [0.1, 0.15) is 25.3 Å². The maximum atomic E-state index is 12.1. The van der Waals surface area contributed by atoms with Crippen LogP contribution in [-0.4, -0.2) is 55.5 Å². The lowest BCUT2D eigenvalue weighted by Crippen LogP contribution is -2.47. The Bertz CT molecular complexity index is 517. The van der Waals surface area contributed by atoms with Gasteiger partial charge in [0.2, 0.25) is 5.91 Å². The highest BCUT2D eigenvalue weighted by atomic mass is 35.5. The molecule has 0 unspecified atom stereocenters. The number of amides is 3. The van der Waals surface area contributed by atoms with Gasteiger partial charge < -0.3 is 15.1 Å². The van der Waals surface area contributed by atoms with Crippen LogP contribution in [0.25, 0.3) is 0 Å². The van der Waals surface area contributed by atoms with Crippen LogP contribution in [0.4, 0.5) is 4.79 Å². The molecule has 0 aliphatic rings. The predicted molar refractivity (Wildman–Crippen MR) is 89.2 cm³/mol. The molecule has 122 valence electrons. The number of carbonyl (C=O) groups excluding carboxylic acids is 2. The molecular weight excluding hydrogens is 302 g/mol. The Hall–Kier alpha value is -1.75. The Kier molecular flexibility index (Phi) is 6.68. The standard InChI is InChI=1S/C16H24ClN3O2/c1-11(13-6-8-14(17)9-7-13)12(2)20(5)16(22)18-10-15(21)19(3)4/h6-9,11-12H,10H2,1-5H3,(H,18,22)/t11-,12-/m0/s1. The zero-order valence-electron chi connectivity index (χ0n) is 13.8. The third-order valence-corrected chi connectivity index (χ3v) is 4.19. The summed E-state index contributed by atoms with van der Waals surface area (Å²) in [6.45, 7) is 4.04. The molecule has 0 aliphatic carbocycles. The molecule has 1 rings (SSSR count). The minimum atomic E-state index is -0.261. The van der Waals surface area contributed by atoms with Gasteiger partial charge in [-0.15, -0.1) is 0 Å². The van der Waals surface area contributed by atoms with E-state index in [0.29, 0.717) is 5.02 Å².